The first kappa shape index (κ1) is 15.7. The first-order valence-corrected chi connectivity index (χ1v) is 8.21. The van der Waals surface area contributed by atoms with Crippen molar-refractivity contribution in [3.8, 4) is 0 Å². The van der Waals surface area contributed by atoms with Gasteiger partial charge >= 0.3 is 0 Å². The first-order chi connectivity index (χ1) is 10.7. The fourth-order valence-corrected chi connectivity index (χ4v) is 3.41. The van der Waals surface area contributed by atoms with Crippen molar-refractivity contribution in [2.45, 2.75) is 31.3 Å². The monoisotopic (exact) mass is 311 g/mol. The SMILES string of the molecule is O=C(CCN1CCCC1=O)N[C@H]1COC[C@@H]1N1CCOCC1. The van der Waals surface area contributed by atoms with E-state index in [0.29, 0.717) is 32.6 Å². The van der Waals surface area contributed by atoms with Crippen molar-refractivity contribution in [1.82, 2.24) is 15.1 Å². The largest absolute Gasteiger partial charge is 0.379 e. The van der Waals surface area contributed by atoms with Crippen LogP contribution in [0.25, 0.3) is 0 Å². The summed E-state index contributed by atoms with van der Waals surface area (Å²) in [7, 11) is 0. The third-order valence-corrected chi connectivity index (χ3v) is 4.69. The maximum Gasteiger partial charge on any atom is 0.222 e. The van der Waals surface area contributed by atoms with Crippen LogP contribution in [-0.4, -0.2) is 86.3 Å². The highest BCUT2D eigenvalue weighted by Crippen LogP contribution is 2.15. The molecule has 3 rings (SSSR count). The number of hydrogen-bond donors (Lipinski definition) is 1. The van der Waals surface area contributed by atoms with E-state index in [9.17, 15) is 9.59 Å². The van der Waals surface area contributed by atoms with Crippen LogP contribution >= 0.6 is 0 Å². The van der Waals surface area contributed by atoms with Crippen LogP contribution in [0.2, 0.25) is 0 Å². The lowest BCUT2D eigenvalue weighted by Crippen LogP contribution is -2.54. The number of carbonyl (C=O) groups is 2. The minimum Gasteiger partial charge on any atom is -0.379 e. The van der Waals surface area contributed by atoms with Gasteiger partial charge in [0, 0.05) is 39.0 Å². The third kappa shape index (κ3) is 3.77. The van der Waals surface area contributed by atoms with Crippen LogP contribution in [0.4, 0.5) is 0 Å². The van der Waals surface area contributed by atoms with E-state index < -0.39 is 0 Å². The molecule has 124 valence electrons. The second-order valence-corrected chi connectivity index (χ2v) is 6.16. The summed E-state index contributed by atoms with van der Waals surface area (Å²) >= 11 is 0. The number of carbonyl (C=O) groups excluding carboxylic acids is 2. The Kier molecular flexibility index (Phi) is 5.28. The smallest absolute Gasteiger partial charge is 0.222 e. The molecule has 7 nitrogen and oxygen atoms in total. The van der Waals surface area contributed by atoms with Crippen molar-refractivity contribution in [1.29, 1.82) is 0 Å². The normalized spacial score (nSPS) is 30.0. The second kappa shape index (κ2) is 7.39. The molecule has 2 amide bonds. The van der Waals surface area contributed by atoms with Crippen molar-refractivity contribution in [3.63, 3.8) is 0 Å². The first-order valence-electron chi connectivity index (χ1n) is 8.21. The molecule has 0 aromatic carbocycles. The Morgan fingerprint density at radius 2 is 2.00 bits per heavy atom. The van der Waals surface area contributed by atoms with Crippen molar-refractivity contribution in [2.24, 2.45) is 0 Å². The van der Waals surface area contributed by atoms with Crippen molar-refractivity contribution in [3.05, 3.63) is 0 Å². The Morgan fingerprint density at radius 3 is 2.73 bits per heavy atom. The highest BCUT2D eigenvalue weighted by molar-refractivity contribution is 5.80. The van der Waals surface area contributed by atoms with Gasteiger partial charge in [0.15, 0.2) is 0 Å². The summed E-state index contributed by atoms with van der Waals surface area (Å²) in [5.41, 5.74) is 0. The third-order valence-electron chi connectivity index (χ3n) is 4.69. The Bertz CT molecular complexity index is 412. The summed E-state index contributed by atoms with van der Waals surface area (Å²) in [5, 5.41) is 3.08. The van der Waals surface area contributed by atoms with E-state index in [1.165, 1.54) is 0 Å². The van der Waals surface area contributed by atoms with E-state index >= 15 is 0 Å². The average Bonchev–Trinajstić information content (AvgIpc) is 3.15. The average molecular weight is 311 g/mol. The van der Waals surface area contributed by atoms with E-state index in [-0.39, 0.29) is 23.9 Å². The van der Waals surface area contributed by atoms with Crippen LogP contribution in [0.15, 0.2) is 0 Å². The van der Waals surface area contributed by atoms with E-state index in [2.05, 4.69) is 10.2 Å². The predicted octanol–water partition coefficient (Wildman–Crippen LogP) is -0.785. The lowest BCUT2D eigenvalue weighted by atomic mass is 10.1. The second-order valence-electron chi connectivity index (χ2n) is 6.16. The molecule has 2 atom stereocenters. The molecule has 3 heterocycles. The molecule has 0 saturated carbocycles. The minimum absolute atomic E-state index is 0.00783. The Labute approximate surface area is 130 Å². The summed E-state index contributed by atoms with van der Waals surface area (Å²) in [4.78, 5) is 27.8. The molecule has 3 fully saturated rings. The molecule has 0 aliphatic carbocycles. The predicted molar refractivity (Wildman–Crippen MR) is 79.4 cm³/mol. The van der Waals surface area contributed by atoms with E-state index in [0.717, 1.165) is 39.3 Å². The molecule has 22 heavy (non-hydrogen) atoms. The topological polar surface area (TPSA) is 71.1 Å². The van der Waals surface area contributed by atoms with Gasteiger partial charge in [-0.05, 0) is 6.42 Å². The number of hydrogen-bond acceptors (Lipinski definition) is 5. The van der Waals surface area contributed by atoms with Gasteiger partial charge in [-0.15, -0.1) is 0 Å². The molecule has 3 aliphatic heterocycles. The molecular weight excluding hydrogens is 286 g/mol. The van der Waals surface area contributed by atoms with Crippen LogP contribution in [0.3, 0.4) is 0 Å². The Balaban J connectivity index is 1.44. The Morgan fingerprint density at radius 1 is 1.18 bits per heavy atom. The van der Waals surface area contributed by atoms with Gasteiger partial charge in [-0.3, -0.25) is 14.5 Å². The zero-order valence-corrected chi connectivity index (χ0v) is 13.0. The zero-order valence-electron chi connectivity index (χ0n) is 13.0. The number of likely N-dealkylation sites (tertiary alicyclic amines) is 1. The summed E-state index contributed by atoms with van der Waals surface area (Å²) in [6.45, 7) is 5.81. The molecule has 3 saturated heterocycles. The van der Waals surface area contributed by atoms with Crippen molar-refractivity contribution < 1.29 is 19.1 Å². The highest BCUT2D eigenvalue weighted by Gasteiger charge is 2.34. The minimum atomic E-state index is 0.00783. The molecule has 0 unspecified atom stereocenters. The van der Waals surface area contributed by atoms with Crippen LogP contribution in [0.5, 0.6) is 0 Å². The number of morpholine rings is 1. The number of nitrogens with one attached hydrogen (secondary N) is 1. The number of amides is 2. The molecule has 1 N–H and O–H groups in total. The van der Waals surface area contributed by atoms with Gasteiger partial charge in [-0.2, -0.15) is 0 Å². The summed E-state index contributed by atoms with van der Waals surface area (Å²) in [5.74, 6) is 0.177. The van der Waals surface area contributed by atoms with Crippen molar-refractivity contribution in [2.75, 3.05) is 52.6 Å². The number of rotatable bonds is 5. The van der Waals surface area contributed by atoms with Crippen LogP contribution < -0.4 is 5.32 Å². The molecule has 0 bridgehead atoms. The molecule has 0 aromatic rings. The zero-order chi connectivity index (χ0) is 15.4. The molecule has 7 heteroatoms. The van der Waals surface area contributed by atoms with Gasteiger partial charge in [-0.25, -0.2) is 0 Å². The lowest BCUT2D eigenvalue weighted by molar-refractivity contribution is -0.128. The summed E-state index contributed by atoms with van der Waals surface area (Å²) in [6, 6.07) is 0.279. The lowest BCUT2D eigenvalue weighted by Gasteiger charge is -2.34. The maximum absolute atomic E-state index is 12.1. The van der Waals surface area contributed by atoms with Gasteiger partial charge in [0.2, 0.25) is 11.8 Å². The Hall–Kier alpha value is -1.18. The van der Waals surface area contributed by atoms with Crippen LogP contribution in [0.1, 0.15) is 19.3 Å². The molecule has 0 spiro atoms. The fraction of sp³-hybridized carbons (Fsp3) is 0.867. The molecular formula is C15H25N3O4. The quantitative estimate of drug-likeness (QED) is 0.721. The van der Waals surface area contributed by atoms with Crippen LogP contribution in [-0.2, 0) is 19.1 Å². The number of nitrogens with zero attached hydrogens (tertiary/aromatic N) is 2. The van der Waals surface area contributed by atoms with Crippen molar-refractivity contribution >= 4 is 11.8 Å². The standard InChI is InChI=1S/C15H25N3O4/c19-14(3-5-18-4-1-2-15(18)20)16-12-10-22-11-13(12)17-6-8-21-9-7-17/h12-13H,1-11H2,(H,16,19)/t12-,13-/m0/s1. The maximum atomic E-state index is 12.1. The number of ether oxygens (including phenoxy) is 2. The fourth-order valence-electron chi connectivity index (χ4n) is 3.41. The summed E-state index contributed by atoms with van der Waals surface area (Å²) in [6.07, 6.45) is 1.91. The van der Waals surface area contributed by atoms with Crippen LogP contribution in [0, 0.1) is 0 Å². The molecule has 0 radical (unpaired) electrons. The summed E-state index contributed by atoms with van der Waals surface area (Å²) < 4.78 is 10.9. The van der Waals surface area contributed by atoms with Gasteiger partial charge < -0.3 is 19.7 Å². The van der Waals surface area contributed by atoms with Gasteiger partial charge in [0.25, 0.3) is 0 Å². The molecule has 3 aliphatic rings. The van der Waals surface area contributed by atoms with Gasteiger partial charge in [-0.1, -0.05) is 0 Å². The van der Waals surface area contributed by atoms with Gasteiger partial charge in [0.05, 0.1) is 38.5 Å². The van der Waals surface area contributed by atoms with E-state index in [4.69, 9.17) is 9.47 Å². The van der Waals surface area contributed by atoms with Gasteiger partial charge in [0.1, 0.15) is 0 Å². The van der Waals surface area contributed by atoms with E-state index in [1.807, 2.05) is 0 Å². The highest BCUT2D eigenvalue weighted by atomic mass is 16.5. The van der Waals surface area contributed by atoms with E-state index in [1.54, 1.807) is 4.90 Å². The molecule has 0 aromatic heterocycles.